The molecule has 0 atom stereocenters. The van der Waals surface area contributed by atoms with Crippen LogP contribution in [0.4, 0.5) is 8.78 Å². The third-order valence-electron chi connectivity index (χ3n) is 4.81. The van der Waals surface area contributed by atoms with Crippen molar-refractivity contribution < 1.29 is 13.6 Å². The van der Waals surface area contributed by atoms with E-state index in [0.717, 1.165) is 28.5 Å². The lowest BCUT2D eigenvalue weighted by molar-refractivity contribution is 0.0950. The van der Waals surface area contributed by atoms with E-state index in [1.807, 2.05) is 13.0 Å². The average molecular weight is 413 g/mol. The van der Waals surface area contributed by atoms with Crippen molar-refractivity contribution in [2.24, 2.45) is 0 Å². The smallest absolute Gasteiger partial charge is 0.268 e. The summed E-state index contributed by atoms with van der Waals surface area (Å²) in [5.74, 6) is -2.09. The summed E-state index contributed by atoms with van der Waals surface area (Å²) < 4.78 is 30.1. The van der Waals surface area contributed by atoms with Crippen molar-refractivity contribution >= 4 is 5.91 Å². The summed E-state index contributed by atoms with van der Waals surface area (Å²) in [7, 11) is 0. The number of amides is 1. The summed E-state index contributed by atoms with van der Waals surface area (Å²) in [4.78, 5) is 37.3. The first-order valence-electron chi connectivity index (χ1n) is 9.42. The van der Waals surface area contributed by atoms with Crippen molar-refractivity contribution in [3.63, 3.8) is 0 Å². The minimum absolute atomic E-state index is 0.125. The van der Waals surface area contributed by atoms with Gasteiger partial charge in [0.05, 0.1) is 5.69 Å². The molecule has 1 amide bonds. The summed E-state index contributed by atoms with van der Waals surface area (Å²) in [6.07, 6.45) is 1.78. The molecule has 0 fully saturated rings. The minimum atomic E-state index is -0.780. The summed E-state index contributed by atoms with van der Waals surface area (Å²) in [5, 5.41) is 2.66. The van der Waals surface area contributed by atoms with E-state index in [1.54, 1.807) is 17.6 Å². The molecule has 0 aliphatic rings. The summed E-state index contributed by atoms with van der Waals surface area (Å²) >= 11 is 0. The van der Waals surface area contributed by atoms with Crippen LogP contribution in [0.15, 0.2) is 58.3 Å². The van der Waals surface area contributed by atoms with Crippen molar-refractivity contribution in [1.82, 2.24) is 14.5 Å². The molecule has 2 aromatic heterocycles. The number of aromatic nitrogens is 2. The van der Waals surface area contributed by atoms with Gasteiger partial charge in [-0.1, -0.05) is 6.07 Å². The molecule has 30 heavy (non-hydrogen) atoms. The van der Waals surface area contributed by atoms with Crippen LogP contribution >= 0.6 is 0 Å². The van der Waals surface area contributed by atoms with Gasteiger partial charge in [0.25, 0.3) is 17.0 Å². The van der Waals surface area contributed by atoms with Crippen molar-refractivity contribution in [1.29, 1.82) is 0 Å². The Kier molecular flexibility index (Phi) is 6.25. The van der Waals surface area contributed by atoms with Gasteiger partial charge in [0, 0.05) is 37.1 Å². The molecule has 8 heteroatoms. The number of nitrogens with one attached hydrogen (secondary N) is 1. The maximum absolute atomic E-state index is 14.1. The fourth-order valence-corrected chi connectivity index (χ4v) is 3.20. The molecule has 3 aromatic rings. The van der Waals surface area contributed by atoms with Crippen LogP contribution in [0.3, 0.4) is 0 Å². The van der Waals surface area contributed by atoms with E-state index < -0.39 is 23.1 Å². The first-order chi connectivity index (χ1) is 14.3. The van der Waals surface area contributed by atoms with Crippen LogP contribution < -0.4 is 16.4 Å². The van der Waals surface area contributed by atoms with Crippen LogP contribution in [0.1, 0.15) is 28.0 Å². The molecule has 0 spiro atoms. The molecule has 0 saturated carbocycles. The number of nitrogens with zero attached hydrogens (tertiary/aromatic N) is 2. The number of aryl methyl sites for hydroxylation is 2. The average Bonchev–Trinajstić information content (AvgIpc) is 2.69. The molecule has 0 aliphatic carbocycles. The third kappa shape index (κ3) is 4.37. The second-order valence-corrected chi connectivity index (χ2v) is 6.91. The minimum Gasteiger partial charge on any atom is -0.352 e. The highest BCUT2D eigenvalue weighted by atomic mass is 19.1. The van der Waals surface area contributed by atoms with Gasteiger partial charge >= 0.3 is 0 Å². The number of halogens is 2. The van der Waals surface area contributed by atoms with Gasteiger partial charge in [0.1, 0.15) is 17.2 Å². The summed E-state index contributed by atoms with van der Waals surface area (Å²) in [6.45, 7) is 4.07. The summed E-state index contributed by atoms with van der Waals surface area (Å²) in [5.41, 5.74) is -0.0528. The molecule has 1 aromatic carbocycles. The molecule has 1 N–H and O–H groups in total. The Morgan fingerprint density at radius 3 is 2.57 bits per heavy atom. The van der Waals surface area contributed by atoms with E-state index in [1.165, 1.54) is 18.3 Å². The van der Waals surface area contributed by atoms with Gasteiger partial charge in [-0.25, -0.2) is 8.78 Å². The first kappa shape index (κ1) is 21.2. The Morgan fingerprint density at radius 2 is 1.83 bits per heavy atom. The highest BCUT2D eigenvalue weighted by molar-refractivity contribution is 5.95. The largest absolute Gasteiger partial charge is 0.352 e. The third-order valence-corrected chi connectivity index (χ3v) is 4.81. The molecule has 3 rings (SSSR count). The standard InChI is InChI=1S/C22H21F2N3O3/c1-14-9-12-27(18-13-16(23)7-8-17(18)24)22(30)20(14)21(29)25-10-4-11-26-15(2)5-3-6-19(26)28/h3,5-9,12-13H,4,10-11H2,1-2H3,(H,25,29). The van der Waals surface area contributed by atoms with Gasteiger partial charge in [-0.2, -0.15) is 0 Å². The molecular weight excluding hydrogens is 392 g/mol. The van der Waals surface area contributed by atoms with Gasteiger partial charge in [-0.05, 0) is 50.1 Å². The number of benzene rings is 1. The zero-order chi connectivity index (χ0) is 21.8. The van der Waals surface area contributed by atoms with E-state index in [-0.39, 0.29) is 23.4 Å². The lowest BCUT2D eigenvalue weighted by Gasteiger charge is -2.13. The lowest BCUT2D eigenvalue weighted by atomic mass is 10.1. The zero-order valence-corrected chi connectivity index (χ0v) is 16.6. The van der Waals surface area contributed by atoms with Crippen LogP contribution in [0.2, 0.25) is 0 Å². The normalized spacial score (nSPS) is 10.8. The Morgan fingerprint density at radius 1 is 1.07 bits per heavy atom. The van der Waals surface area contributed by atoms with Crippen molar-refractivity contribution in [3.8, 4) is 5.69 Å². The maximum Gasteiger partial charge on any atom is 0.268 e. The van der Waals surface area contributed by atoms with E-state index >= 15 is 0 Å². The van der Waals surface area contributed by atoms with Gasteiger partial charge < -0.3 is 9.88 Å². The number of carbonyl (C=O) groups is 1. The molecular formula is C22H21F2N3O3. The second-order valence-electron chi connectivity index (χ2n) is 6.91. The fraction of sp³-hybridized carbons (Fsp3) is 0.227. The Labute approximate surface area is 171 Å². The van der Waals surface area contributed by atoms with Crippen molar-refractivity contribution in [3.05, 3.63) is 97.8 Å². The summed E-state index contributed by atoms with van der Waals surface area (Å²) in [6, 6.07) is 9.23. The Hall–Kier alpha value is -3.55. The molecule has 0 aliphatic heterocycles. The van der Waals surface area contributed by atoms with Crippen LogP contribution in [0.25, 0.3) is 5.69 Å². The van der Waals surface area contributed by atoms with E-state index in [4.69, 9.17) is 0 Å². The lowest BCUT2D eigenvalue weighted by Crippen LogP contribution is -2.34. The van der Waals surface area contributed by atoms with Crippen molar-refractivity contribution in [2.75, 3.05) is 6.54 Å². The topological polar surface area (TPSA) is 73.1 Å². The van der Waals surface area contributed by atoms with E-state index in [2.05, 4.69) is 5.32 Å². The number of carbonyl (C=O) groups excluding carboxylic acids is 1. The molecule has 0 unspecified atom stereocenters. The van der Waals surface area contributed by atoms with Gasteiger partial charge in [0.2, 0.25) is 0 Å². The van der Waals surface area contributed by atoms with Crippen molar-refractivity contribution in [2.45, 2.75) is 26.8 Å². The fourth-order valence-electron chi connectivity index (χ4n) is 3.20. The number of hydrogen-bond donors (Lipinski definition) is 1. The van der Waals surface area contributed by atoms with Gasteiger partial charge in [-0.15, -0.1) is 0 Å². The van der Waals surface area contributed by atoms with E-state index in [0.29, 0.717) is 18.5 Å². The quantitative estimate of drug-likeness (QED) is 0.632. The van der Waals surface area contributed by atoms with Crippen LogP contribution in [-0.2, 0) is 6.54 Å². The second kappa shape index (κ2) is 8.86. The molecule has 0 bridgehead atoms. The highest BCUT2D eigenvalue weighted by Gasteiger charge is 2.18. The predicted molar refractivity (Wildman–Crippen MR) is 109 cm³/mol. The van der Waals surface area contributed by atoms with Crippen LogP contribution in [0.5, 0.6) is 0 Å². The maximum atomic E-state index is 14.1. The van der Waals surface area contributed by atoms with Gasteiger partial charge in [0.15, 0.2) is 0 Å². The Balaban J connectivity index is 1.77. The highest BCUT2D eigenvalue weighted by Crippen LogP contribution is 2.14. The molecule has 6 nitrogen and oxygen atoms in total. The Bertz CT molecular complexity index is 1210. The first-order valence-corrected chi connectivity index (χ1v) is 9.42. The molecule has 0 radical (unpaired) electrons. The predicted octanol–water partition coefficient (Wildman–Crippen LogP) is 2.71. The molecule has 0 saturated heterocycles. The van der Waals surface area contributed by atoms with E-state index in [9.17, 15) is 23.2 Å². The number of rotatable bonds is 6. The zero-order valence-electron chi connectivity index (χ0n) is 16.6. The molecule has 2 heterocycles. The van der Waals surface area contributed by atoms with Crippen LogP contribution in [0, 0.1) is 25.5 Å². The molecule has 156 valence electrons. The van der Waals surface area contributed by atoms with Crippen LogP contribution in [-0.4, -0.2) is 21.6 Å². The monoisotopic (exact) mass is 413 g/mol. The number of pyridine rings is 2. The number of hydrogen-bond acceptors (Lipinski definition) is 3. The SMILES string of the molecule is Cc1ccn(-c2cc(F)ccc2F)c(=O)c1C(=O)NCCCn1c(C)cccc1=O. The van der Waals surface area contributed by atoms with Gasteiger partial charge in [-0.3, -0.25) is 19.0 Å².